The molecule has 10 nitrogen and oxygen atoms in total. The van der Waals surface area contributed by atoms with E-state index in [1.165, 1.54) is 0 Å². The number of aromatic nitrogens is 2. The topological polar surface area (TPSA) is 126 Å². The van der Waals surface area contributed by atoms with Crippen LogP contribution in [0.4, 0.5) is 0 Å². The van der Waals surface area contributed by atoms with Gasteiger partial charge in [-0.15, -0.1) is 0 Å². The maximum Gasteiger partial charge on any atom is 0.309 e. The van der Waals surface area contributed by atoms with Gasteiger partial charge in [0.25, 0.3) is 5.91 Å². The van der Waals surface area contributed by atoms with Gasteiger partial charge in [-0.25, -0.2) is 0 Å². The van der Waals surface area contributed by atoms with Crippen LogP contribution in [0.15, 0.2) is 66.9 Å². The summed E-state index contributed by atoms with van der Waals surface area (Å²) in [6.45, 7) is 1.49. The summed E-state index contributed by atoms with van der Waals surface area (Å²) >= 11 is 0. The number of amides is 1. The van der Waals surface area contributed by atoms with Gasteiger partial charge in [-0.1, -0.05) is 36.4 Å². The molecular formula is C38H44N4O6. The van der Waals surface area contributed by atoms with Gasteiger partial charge in [-0.3, -0.25) is 14.7 Å². The van der Waals surface area contributed by atoms with Gasteiger partial charge >= 0.3 is 5.97 Å². The molecule has 3 N–H and O–H groups in total. The van der Waals surface area contributed by atoms with E-state index in [0.29, 0.717) is 43.8 Å². The number of carbonyl (C=O) groups excluding carboxylic acids is 1. The average molecular weight is 653 g/mol. The van der Waals surface area contributed by atoms with Crippen LogP contribution in [0, 0.1) is 11.8 Å². The van der Waals surface area contributed by atoms with Gasteiger partial charge < -0.3 is 29.5 Å². The maximum absolute atomic E-state index is 13.9. The molecule has 4 aromatic rings. The Balaban J connectivity index is 1.43. The molecule has 4 fully saturated rings. The number of rotatable bonds is 12. The molecule has 5 atom stereocenters. The summed E-state index contributed by atoms with van der Waals surface area (Å²) in [5, 5.41) is 23.4. The number of H-pyrrole nitrogens is 1. The quantitative estimate of drug-likeness (QED) is 0.170. The van der Waals surface area contributed by atoms with E-state index >= 15 is 0 Å². The largest absolute Gasteiger partial charge is 0.496 e. The first-order valence-electron chi connectivity index (χ1n) is 16.7. The highest BCUT2D eigenvalue weighted by molar-refractivity contribution is 5.95. The molecule has 0 aliphatic heterocycles. The van der Waals surface area contributed by atoms with Crippen LogP contribution >= 0.6 is 0 Å². The van der Waals surface area contributed by atoms with E-state index in [1.807, 2.05) is 50.5 Å². The lowest BCUT2D eigenvalue weighted by atomic mass is 9.35. The maximum atomic E-state index is 13.9. The third-order valence-electron chi connectivity index (χ3n) is 11.1. The van der Waals surface area contributed by atoms with Crippen molar-refractivity contribution in [2.24, 2.45) is 11.8 Å². The molecule has 1 aromatic heterocycles. The number of benzene rings is 3. The van der Waals surface area contributed by atoms with E-state index in [0.717, 1.165) is 47.0 Å². The Labute approximate surface area is 280 Å². The highest BCUT2D eigenvalue weighted by atomic mass is 16.5. The van der Waals surface area contributed by atoms with E-state index in [9.17, 15) is 14.7 Å². The molecule has 3 aromatic carbocycles. The van der Waals surface area contributed by atoms with E-state index in [4.69, 9.17) is 14.2 Å². The molecule has 4 aliphatic carbocycles. The van der Waals surface area contributed by atoms with Crippen molar-refractivity contribution in [3.63, 3.8) is 0 Å². The number of carboxylic acids is 1. The smallest absolute Gasteiger partial charge is 0.309 e. The third kappa shape index (κ3) is 5.08. The SMILES string of the molecule is COc1cccc(OC)c1C12CC3CC(NC(=O)c4cc[nH]n4)(C1)C(C(=O)O)C(c1ccc(OCCCN(C)C)c4ccccc14)(C3)C2. The summed E-state index contributed by atoms with van der Waals surface area (Å²) < 4.78 is 18.3. The number of nitrogens with one attached hydrogen (secondary N) is 2. The Kier molecular flexibility index (Phi) is 8.10. The van der Waals surface area contributed by atoms with Crippen molar-refractivity contribution in [2.45, 2.75) is 54.9 Å². The minimum Gasteiger partial charge on any atom is -0.496 e. The summed E-state index contributed by atoms with van der Waals surface area (Å²) in [4.78, 5) is 29.8. The highest BCUT2D eigenvalue weighted by Crippen LogP contribution is 2.71. The second-order valence-electron chi connectivity index (χ2n) is 14.3. The number of hydrogen-bond acceptors (Lipinski definition) is 7. The first kappa shape index (κ1) is 32.0. The molecule has 10 heteroatoms. The minimum absolute atomic E-state index is 0.137. The Morgan fingerprint density at radius 2 is 1.69 bits per heavy atom. The van der Waals surface area contributed by atoms with Crippen molar-refractivity contribution in [3.8, 4) is 17.2 Å². The number of ether oxygens (including phenoxy) is 3. The van der Waals surface area contributed by atoms with Crippen LogP contribution in [0.1, 0.15) is 60.1 Å². The van der Waals surface area contributed by atoms with Crippen LogP contribution in [0.3, 0.4) is 0 Å². The van der Waals surface area contributed by atoms with Crippen molar-refractivity contribution in [1.29, 1.82) is 0 Å². The second kappa shape index (κ2) is 12.1. The third-order valence-corrected chi connectivity index (χ3v) is 11.1. The first-order chi connectivity index (χ1) is 23.1. The van der Waals surface area contributed by atoms with Crippen molar-refractivity contribution in [2.75, 3.05) is 41.5 Å². The van der Waals surface area contributed by atoms with Crippen LogP contribution in [0.5, 0.6) is 17.2 Å². The van der Waals surface area contributed by atoms with Crippen molar-refractivity contribution in [3.05, 3.63) is 83.7 Å². The number of carboxylic acid groups (broad SMARTS) is 1. The van der Waals surface area contributed by atoms with Gasteiger partial charge in [-0.2, -0.15) is 5.10 Å². The van der Waals surface area contributed by atoms with Gasteiger partial charge in [0.15, 0.2) is 0 Å². The Hall–Kier alpha value is -4.57. The Morgan fingerprint density at radius 3 is 2.35 bits per heavy atom. The fourth-order valence-electron chi connectivity index (χ4n) is 10.1. The van der Waals surface area contributed by atoms with Crippen molar-refractivity contribution < 1.29 is 28.9 Å². The number of nitrogens with zero attached hydrogens (tertiary/aromatic N) is 2. The summed E-state index contributed by atoms with van der Waals surface area (Å²) in [6.07, 6.45) is 5.58. The van der Waals surface area contributed by atoms with Crippen molar-refractivity contribution in [1.82, 2.24) is 20.4 Å². The van der Waals surface area contributed by atoms with Gasteiger partial charge in [0.2, 0.25) is 0 Å². The number of aromatic amines is 1. The molecule has 1 amide bonds. The van der Waals surface area contributed by atoms with Crippen LogP contribution in [0.25, 0.3) is 10.8 Å². The molecule has 0 radical (unpaired) electrons. The number of carbonyl (C=O) groups is 2. The molecule has 4 bridgehead atoms. The fraction of sp³-hybridized carbons (Fsp3) is 0.447. The predicted molar refractivity (Wildman–Crippen MR) is 182 cm³/mol. The zero-order valence-corrected chi connectivity index (χ0v) is 28.0. The zero-order chi connectivity index (χ0) is 33.7. The lowest BCUT2D eigenvalue weighted by molar-refractivity contribution is -0.167. The second-order valence-corrected chi connectivity index (χ2v) is 14.3. The van der Waals surface area contributed by atoms with Crippen LogP contribution in [-0.2, 0) is 15.6 Å². The fourth-order valence-corrected chi connectivity index (χ4v) is 10.1. The molecule has 48 heavy (non-hydrogen) atoms. The highest BCUT2D eigenvalue weighted by Gasteiger charge is 2.72. The van der Waals surface area contributed by atoms with Crippen LogP contribution in [-0.4, -0.2) is 79.1 Å². The molecule has 4 aliphatic rings. The monoisotopic (exact) mass is 652 g/mol. The summed E-state index contributed by atoms with van der Waals surface area (Å²) in [7, 11) is 7.42. The van der Waals surface area contributed by atoms with Gasteiger partial charge in [0.05, 0.1) is 32.3 Å². The van der Waals surface area contributed by atoms with E-state index in [-0.39, 0.29) is 17.5 Å². The number of methoxy groups -OCH3 is 2. The van der Waals surface area contributed by atoms with Gasteiger partial charge in [-0.05, 0) is 93.8 Å². The molecule has 0 spiro atoms. The molecular weight excluding hydrogens is 608 g/mol. The molecule has 5 unspecified atom stereocenters. The number of fused-ring (bicyclic) bond motifs is 1. The predicted octanol–water partition coefficient (Wildman–Crippen LogP) is 5.56. The van der Waals surface area contributed by atoms with E-state index in [2.05, 4.69) is 38.6 Å². The molecule has 252 valence electrons. The number of hydrogen-bond donors (Lipinski definition) is 3. The van der Waals surface area contributed by atoms with Gasteiger partial charge in [0, 0.05) is 34.5 Å². The number of aliphatic carboxylic acids is 1. The Morgan fingerprint density at radius 1 is 0.938 bits per heavy atom. The van der Waals surface area contributed by atoms with E-state index in [1.54, 1.807) is 26.5 Å². The summed E-state index contributed by atoms with van der Waals surface area (Å²) in [5.74, 6) is 0.148. The lowest BCUT2D eigenvalue weighted by Gasteiger charge is -2.69. The van der Waals surface area contributed by atoms with Crippen LogP contribution < -0.4 is 19.5 Å². The summed E-state index contributed by atoms with van der Waals surface area (Å²) in [6, 6.07) is 19.7. The lowest BCUT2D eigenvalue weighted by Crippen LogP contribution is -2.75. The zero-order valence-electron chi connectivity index (χ0n) is 28.0. The molecule has 4 saturated carbocycles. The molecule has 1 heterocycles. The van der Waals surface area contributed by atoms with Crippen molar-refractivity contribution >= 4 is 22.6 Å². The van der Waals surface area contributed by atoms with E-state index < -0.39 is 28.3 Å². The summed E-state index contributed by atoms with van der Waals surface area (Å²) in [5.41, 5.74) is -0.266. The van der Waals surface area contributed by atoms with Gasteiger partial charge in [0.1, 0.15) is 22.9 Å². The average Bonchev–Trinajstić information content (AvgIpc) is 3.61. The minimum atomic E-state index is -1.06. The first-order valence-corrected chi connectivity index (χ1v) is 16.7. The Bertz CT molecular complexity index is 1820. The molecule has 8 rings (SSSR count). The molecule has 0 saturated heterocycles. The standard InChI is InChI=1S/C38H44N4O6/c1-42(2)17-8-18-48-29-14-13-27(25-9-5-6-10-26(25)29)37-20-24-19-36(22-37,32-30(46-3)11-7-12-31(32)47-4)23-38(21-24,33(37)35(44)45)40-34(43)28-15-16-39-41-28/h5-7,9-16,24,33H,8,17-23H2,1-4H3,(H,39,41)(H,40,43)(H,44,45). The normalized spacial score (nSPS) is 27.3. The van der Waals surface area contributed by atoms with Crippen LogP contribution in [0.2, 0.25) is 0 Å².